The van der Waals surface area contributed by atoms with Crippen LogP contribution >= 0.6 is 11.5 Å². The van der Waals surface area contributed by atoms with Gasteiger partial charge in [0.15, 0.2) is 0 Å². The monoisotopic (exact) mass is 187 g/mol. The summed E-state index contributed by atoms with van der Waals surface area (Å²) in [5.41, 5.74) is -0.327. The molecule has 0 fully saturated rings. The van der Waals surface area contributed by atoms with Crippen LogP contribution in [0.15, 0.2) is 0 Å². The Bertz CT molecular complexity index is 259. The lowest BCUT2D eigenvalue weighted by Crippen LogP contribution is -2.34. The van der Waals surface area contributed by atoms with Gasteiger partial charge in [-0.1, -0.05) is 0 Å². The standard InChI is InChI=1S/C7H13N3OS/c1-5-8-6(12-10-5)9-7(2,3)4-11/h11H,4H2,1-3H3,(H,8,9,10). The molecule has 0 bridgehead atoms. The maximum Gasteiger partial charge on any atom is 0.203 e. The highest BCUT2D eigenvalue weighted by molar-refractivity contribution is 7.09. The zero-order chi connectivity index (χ0) is 9.19. The van der Waals surface area contributed by atoms with Crippen LogP contribution in [0.4, 0.5) is 5.13 Å². The van der Waals surface area contributed by atoms with Gasteiger partial charge in [-0.05, 0) is 20.8 Å². The van der Waals surface area contributed by atoms with Crippen LogP contribution in [0.2, 0.25) is 0 Å². The Kier molecular flexibility index (Phi) is 2.64. The van der Waals surface area contributed by atoms with Crippen molar-refractivity contribution in [1.29, 1.82) is 0 Å². The third kappa shape index (κ3) is 2.42. The number of aryl methyl sites for hydroxylation is 1. The molecule has 0 spiro atoms. The van der Waals surface area contributed by atoms with Crippen molar-refractivity contribution in [3.8, 4) is 0 Å². The number of nitrogens with zero attached hydrogens (tertiary/aromatic N) is 2. The van der Waals surface area contributed by atoms with Gasteiger partial charge in [0, 0.05) is 11.5 Å². The van der Waals surface area contributed by atoms with E-state index >= 15 is 0 Å². The van der Waals surface area contributed by atoms with E-state index in [1.165, 1.54) is 11.5 Å². The minimum Gasteiger partial charge on any atom is -0.394 e. The summed E-state index contributed by atoms with van der Waals surface area (Å²) in [7, 11) is 0. The zero-order valence-electron chi connectivity index (χ0n) is 7.46. The summed E-state index contributed by atoms with van der Waals surface area (Å²) in [5, 5.41) is 12.8. The number of aromatic nitrogens is 2. The molecular formula is C7H13N3OS. The molecule has 0 saturated heterocycles. The van der Waals surface area contributed by atoms with Gasteiger partial charge in [0.05, 0.1) is 12.1 Å². The van der Waals surface area contributed by atoms with E-state index < -0.39 is 0 Å². The Balaban J connectivity index is 2.63. The van der Waals surface area contributed by atoms with E-state index in [9.17, 15) is 0 Å². The molecule has 1 aromatic rings. The van der Waals surface area contributed by atoms with Crippen LogP contribution < -0.4 is 5.32 Å². The second kappa shape index (κ2) is 3.37. The Labute approximate surface area is 75.8 Å². The van der Waals surface area contributed by atoms with Crippen LogP contribution in [0.5, 0.6) is 0 Å². The predicted octanol–water partition coefficient (Wildman–Crippen LogP) is 1.03. The van der Waals surface area contributed by atoms with Gasteiger partial charge in [-0.3, -0.25) is 0 Å². The van der Waals surface area contributed by atoms with E-state index in [1.54, 1.807) is 0 Å². The summed E-state index contributed by atoms with van der Waals surface area (Å²) in [6.45, 7) is 5.73. The molecule has 0 aliphatic carbocycles. The maximum atomic E-state index is 8.96. The van der Waals surface area contributed by atoms with Gasteiger partial charge in [-0.25, -0.2) is 4.98 Å². The van der Waals surface area contributed by atoms with E-state index in [1.807, 2.05) is 20.8 Å². The van der Waals surface area contributed by atoms with Crippen molar-refractivity contribution >= 4 is 16.7 Å². The summed E-state index contributed by atoms with van der Waals surface area (Å²) in [4.78, 5) is 4.13. The van der Waals surface area contributed by atoms with Crippen molar-refractivity contribution in [2.75, 3.05) is 11.9 Å². The minimum absolute atomic E-state index is 0.0750. The molecule has 0 unspecified atom stereocenters. The van der Waals surface area contributed by atoms with E-state index in [0.717, 1.165) is 11.0 Å². The molecular weight excluding hydrogens is 174 g/mol. The lowest BCUT2D eigenvalue weighted by Gasteiger charge is -2.22. The molecule has 0 radical (unpaired) electrons. The predicted molar refractivity (Wildman–Crippen MR) is 49.4 cm³/mol. The van der Waals surface area contributed by atoms with Gasteiger partial charge in [0.2, 0.25) is 5.13 Å². The van der Waals surface area contributed by atoms with Crippen LogP contribution in [-0.2, 0) is 0 Å². The van der Waals surface area contributed by atoms with Crippen LogP contribution in [-0.4, -0.2) is 26.6 Å². The SMILES string of the molecule is Cc1nsc(NC(C)(C)CO)n1. The smallest absolute Gasteiger partial charge is 0.203 e. The topological polar surface area (TPSA) is 58.0 Å². The van der Waals surface area contributed by atoms with Crippen molar-refractivity contribution in [2.24, 2.45) is 0 Å². The fraction of sp³-hybridized carbons (Fsp3) is 0.714. The molecule has 0 aliphatic rings. The van der Waals surface area contributed by atoms with Crippen LogP contribution in [0, 0.1) is 6.92 Å². The van der Waals surface area contributed by atoms with Crippen molar-refractivity contribution in [3.63, 3.8) is 0 Å². The quantitative estimate of drug-likeness (QED) is 0.742. The average Bonchev–Trinajstić information content (AvgIpc) is 2.35. The summed E-state index contributed by atoms with van der Waals surface area (Å²) in [6, 6.07) is 0. The normalized spacial score (nSPS) is 11.7. The van der Waals surface area contributed by atoms with Gasteiger partial charge < -0.3 is 10.4 Å². The molecule has 4 nitrogen and oxygen atoms in total. The fourth-order valence-corrected chi connectivity index (χ4v) is 1.43. The van der Waals surface area contributed by atoms with Crippen molar-refractivity contribution in [3.05, 3.63) is 5.82 Å². The molecule has 0 atom stereocenters. The summed E-state index contributed by atoms with van der Waals surface area (Å²) in [5.74, 6) is 0.760. The van der Waals surface area contributed by atoms with Gasteiger partial charge in [-0.2, -0.15) is 4.37 Å². The zero-order valence-corrected chi connectivity index (χ0v) is 8.27. The minimum atomic E-state index is -0.327. The maximum absolute atomic E-state index is 8.96. The van der Waals surface area contributed by atoms with Gasteiger partial charge in [-0.15, -0.1) is 0 Å². The first-order valence-corrected chi connectivity index (χ1v) is 4.50. The van der Waals surface area contributed by atoms with E-state index in [0.29, 0.717) is 0 Å². The highest BCUT2D eigenvalue weighted by Crippen LogP contribution is 2.16. The fourth-order valence-electron chi connectivity index (χ4n) is 0.677. The third-order valence-electron chi connectivity index (χ3n) is 1.37. The first-order chi connectivity index (χ1) is 5.53. The molecule has 0 amide bonds. The highest BCUT2D eigenvalue weighted by atomic mass is 32.1. The molecule has 0 saturated carbocycles. The second-order valence-electron chi connectivity index (χ2n) is 3.31. The number of hydrogen-bond acceptors (Lipinski definition) is 5. The molecule has 1 rings (SSSR count). The molecule has 12 heavy (non-hydrogen) atoms. The summed E-state index contributed by atoms with van der Waals surface area (Å²) >= 11 is 1.31. The number of aliphatic hydroxyl groups is 1. The number of rotatable bonds is 3. The molecule has 0 aromatic carbocycles. The molecule has 1 aromatic heterocycles. The van der Waals surface area contributed by atoms with Crippen molar-refractivity contribution in [1.82, 2.24) is 9.36 Å². The lowest BCUT2D eigenvalue weighted by molar-refractivity contribution is 0.234. The Morgan fingerprint density at radius 1 is 1.58 bits per heavy atom. The first kappa shape index (κ1) is 9.41. The highest BCUT2D eigenvalue weighted by Gasteiger charge is 2.17. The lowest BCUT2D eigenvalue weighted by atomic mass is 10.1. The van der Waals surface area contributed by atoms with E-state index in [2.05, 4.69) is 14.7 Å². The van der Waals surface area contributed by atoms with Gasteiger partial charge >= 0.3 is 0 Å². The number of aliphatic hydroxyl groups excluding tert-OH is 1. The number of nitrogens with one attached hydrogen (secondary N) is 1. The second-order valence-corrected chi connectivity index (χ2v) is 4.07. The van der Waals surface area contributed by atoms with Crippen LogP contribution in [0.1, 0.15) is 19.7 Å². The third-order valence-corrected chi connectivity index (χ3v) is 2.09. The van der Waals surface area contributed by atoms with Crippen molar-refractivity contribution in [2.45, 2.75) is 26.3 Å². The molecule has 2 N–H and O–H groups in total. The number of hydrogen-bond donors (Lipinski definition) is 2. The van der Waals surface area contributed by atoms with Crippen molar-refractivity contribution < 1.29 is 5.11 Å². The Morgan fingerprint density at radius 3 is 2.67 bits per heavy atom. The number of anilines is 1. The molecule has 0 aliphatic heterocycles. The molecule has 68 valence electrons. The molecule has 1 heterocycles. The molecule has 5 heteroatoms. The van der Waals surface area contributed by atoms with Crippen LogP contribution in [0.3, 0.4) is 0 Å². The van der Waals surface area contributed by atoms with E-state index in [4.69, 9.17) is 5.11 Å². The van der Waals surface area contributed by atoms with Gasteiger partial charge in [0.1, 0.15) is 5.82 Å². The summed E-state index contributed by atoms with van der Waals surface area (Å²) in [6.07, 6.45) is 0. The van der Waals surface area contributed by atoms with Crippen LogP contribution in [0.25, 0.3) is 0 Å². The summed E-state index contributed by atoms with van der Waals surface area (Å²) < 4.78 is 4.02. The largest absolute Gasteiger partial charge is 0.394 e. The Morgan fingerprint density at radius 2 is 2.25 bits per heavy atom. The van der Waals surface area contributed by atoms with Gasteiger partial charge in [0.25, 0.3) is 0 Å². The average molecular weight is 187 g/mol. The first-order valence-electron chi connectivity index (χ1n) is 3.73. The van der Waals surface area contributed by atoms with E-state index in [-0.39, 0.29) is 12.1 Å². The Hall–Kier alpha value is -0.680.